The first kappa shape index (κ1) is 53.9. The molecule has 0 spiro atoms. The van der Waals surface area contributed by atoms with Crippen LogP contribution in [0.5, 0.6) is 0 Å². The fraction of sp³-hybridized carbons (Fsp3) is 0.389. The van der Waals surface area contributed by atoms with Crippen LogP contribution in [0.4, 0.5) is 11.4 Å². The van der Waals surface area contributed by atoms with Crippen LogP contribution in [0.25, 0.3) is 9.96 Å². The van der Waals surface area contributed by atoms with Crippen molar-refractivity contribution in [2.75, 3.05) is 82.3 Å². The fourth-order valence-corrected chi connectivity index (χ4v) is 4.42. The van der Waals surface area contributed by atoms with Gasteiger partial charge in [0.2, 0.25) is 0 Å². The maximum absolute atomic E-state index is 4.76. The number of hydrogen-bond donors (Lipinski definition) is 0. The van der Waals surface area contributed by atoms with Crippen LogP contribution in [-0.2, 0) is 28.4 Å². The van der Waals surface area contributed by atoms with E-state index in [1.165, 1.54) is 0 Å². The number of nitrogens with zero attached hydrogens (tertiary/aromatic N) is 2. The molecule has 2 fully saturated rings. The molecule has 11 heteroatoms. The van der Waals surface area contributed by atoms with Gasteiger partial charge >= 0.3 is 65.8 Å². The normalized spacial score (nSPS) is 12.5. The zero-order chi connectivity index (χ0) is 33.7. The first-order valence-electron chi connectivity index (χ1n) is 14.7. The average Bonchev–Trinajstić information content (AvgIpc) is 3.84. The molecule has 0 aromatic heterocycles. The first-order valence-corrected chi connectivity index (χ1v) is 17.6. The summed E-state index contributed by atoms with van der Waals surface area (Å²) in [6, 6.07) is 20.1. The monoisotopic (exact) mass is 821 g/mol. The largest absolute Gasteiger partial charge is 3.00 e. The van der Waals surface area contributed by atoms with Crippen molar-refractivity contribution in [1.29, 1.82) is 0 Å². The van der Waals surface area contributed by atoms with Crippen molar-refractivity contribution >= 4 is 19.8 Å². The Morgan fingerprint density at radius 2 is 0.596 bits per heavy atom. The Hall–Kier alpha value is 0.134. The molecule has 2 aliphatic rings. The van der Waals surface area contributed by atoms with Crippen molar-refractivity contribution in [3.05, 3.63) is 135 Å². The minimum Gasteiger partial charge on any atom is -0.700 e. The van der Waals surface area contributed by atoms with Crippen LogP contribution in [0.15, 0.2) is 60.7 Å². The number of hydrogen-bond acceptors (Lipinski definition) is 6. The summed E-state index contributed by atoms with van der Waals surface area (Å²) in [5.41, 5.74) is 2.03. The maximum atomic E-state index is 4.76. The van der Waals surface area contributed by atoms with Gasteiger partial charge in [-0.2, -0.15) is 0 Å². The molecule has 263 valence electrons. The van der Waals surface area contributed by atoms with Crippen LogP contribution in [0.3, 0.4) is 0 Å². The van der Waals surface area contributed by atoms with Crippen molar-refractivity contribution in [2.45, 2.75) is 13.1 Å². The molecular formula is C36H56LiN2O6SiYb+2. The van der Waals surface area contributed by atoms with Crippen molar-refractivity contribution < 1.29 is 94.2 Å². The quantitative estimate of drug-likeness (QED) is 0.210. The molecule has 2 aromatic rings. The molecular weight excluding hydrogens is 764 g/mol. The maximum Gasteiger partial charge on any atom is 3.00 e. The van der Waals surface area contributed by atoms with Crippen molar-refractivity contribution in [2.24, 2.45) is 0 Å². The Balaban J connectivity index is -0.000000259. The van der Waals surface area contributed by atoms with E-state index in [4.69, 9.17) is 9.96 Å². The molecule has 0 saturated heterocycles. The van der Waals surface area contributed by atoms with Crippen LogP contribution < -0.4 is 18.9 Å². The Labute approximate surface area is 341 Å². The molecule has 0 amide bonds. The Morgan fingerprint density at radius 1 is 0.404 bits per heavy atom. The van der Waals surface area contributed by atoms with Crippen LogP contribution >= 0.6 is 0 Å². The molecule has 2 saturated carbocycles. The molecule has 2 aliphatic carbocycles. The summed E-state index contributed by atoms with van der Waals surface area (Å²) in [5, 5.41) is 0. The topological polar surface area (TPSA) is 83.6 Å². The van der Waals surface area contributed by atoms with Gasteiger partial charge in [-0.05, 0) is 64.2 Å². The zero-order valence-electron chi connectivity index (χ0n) is 29.9. The Kier molecular flexibility index (Phi) is 50.7. The predicted octanol–water partition coefficient (Wildman–Crippen LogP) is 4.98. The van der Waals surface area contributed by atoms with Gasteiger partial charge in [-0.3, -0.25) is 0 Å². The van der Waals surface area contributed by atoms with Crippen molar-refractivity contribution in [1.82, 2.24) is 0 Å². The Bertz CT molecular complexity index is 709. The van der Waals surface area contributed by atoms with Crippen LogP contribution in [-0.4, -0.2) is 90.7 Å². The Morgan fingerprint density at radius 3 is 0.766 bits per heavy atom. The van der Waals surface area contributed by atoms with Crippen LogP contribution in [0.1, 0.15) is 0 Å². The van der Waals surface area contributed by atoms with Crippen LogP contribution in [0, 0.1) is 111 Å². The second-order valence-electron chi connectivity index (χ2n) is 9.27. The van der Waals surface area contributed by atoms with Gasteiger partial charge < -0.3 is 38.4 Å². The molecule has 0 N–H and O–H groups in total. The van der Waals surface area contributed by atoms with E-state index in [0.717, 1.165) is 11.4 Å². The van der Waals surface area contributed by atoms with E-state index in [-0.39, 0.29) is 65.8 Å². The summed E-state index contributed by atoms with van der Waals surface area (Å²) in [5.74, 6) is 0. The second-order valence-corrected chi connectivity index (χ2v) is 12.7. The minimum atomic E-state index is -1.93. The van der Waals surface area contributed by atoms with Gasteiger partial charge in [0.1, 0.15) is 0 Å². The summed E-state index contributed by atoms with van der Waals surface area (Å²) in [6.45, 7) is 8.44. The molecule has 2 aromatic carbocycles. The molecule has 11 radical (unpaired) electrons. The number of ether oxygens (including phenoxy) is 6. The van der Waals surface area contributed by atoms with E-state index in [1.807, 2.05) is 125 Å². The molecule has 0 unspecified atom stereocenters. The second kappa shape index (κ2) is 44.2. The number of methoxy groups -OCH3 is 6. The molecule has 8 nitrogen and oxygen atoms in total. The van der Waals surface area contributed by atoms with Gasteiger partial charge in [-0.25, -0.2) is 0 Å². The van der Waals surface area contributed by atoms with Gasteiger partial charge in [-0.15, -0.1) is 32.9 Å². The summed E-state index contributed by atoms with van der Waals surface area (Å²) in [4.78, 5) is 9.52. The van der Waals surface area contributed by atoms with Gasteiger partial charge in [0.25, 0.3) is 0 Å². The molecule has 0 bridgehead atoms. The van der Waals surface area contributed by atoms with Gasteiger partial charge in [0.15, 0.2) is 0 Å². The molecule has 0 heterocycles. The summed E-state index contributed by atoms with van der Waals surface area (Å²) < 4.78 is 27.9. The molecule has 0 aliphatic heterocycles. The third-order valence-electron chi connectivity index (χ3n) is 4.90. The minimum absolute atomic E-state index is 0. The molecule has 0 atom stereocenters. The van der Waals surface area contributed by atoms with E-state index < -0.39 is 8.40 Å². The van der Waals surface area contributed by atoms with Gasteiger partial charge in [0, 0.05) is 42.7 Å². The van der Waals surface area contributed by atoms with E-state index >= 15 is 0 Å². The number of benzene rings is 2. The van der Waals surface area contributed by atoms with Crippen molar-refractivity contribution in [3.63, 3.8) is 0 Å². The SMILES string of the molecule is COCCOC.COCCOC.COCCOC.C[Si](C)([N-]c1ccccc1)[N-]c1ccccc1.[CH]1[CH][CH][CH][CH]1.[CH]1[CH][CH][CH][CH]1.[Li+].[Yb+3]. The van der Waals surface area contributed by atoms with E-state index in [2.05, 4.69) is 41.5 Å². The van der Waals surface area contributed by atoms with Crippen molar-refractivity contribution in [3.8, 4) is 0 Å². The van der Waals surface area contributed by atoms with E-state index in [1.54, 1.807) is 42.7 Å². The van der Waals surface area contributed by atoms with E-state index in [9.17, 15) is 0 Å². The third kappa shape index (κ3) is 44.1. The smallest absolute Gasteiger partial charge is 0.700 e. The summed E-state index contributed by atoms with van der Waals surface area (Å²) in [7, 11) is 7.98. The number of rotatable bonds is 13. The molecule has 47 heavy (non-hydrogen) atoms. The fourth-order valence-electron chi connectivity index (χ4n) is 2.80. The standard InChI is InChI=1S/C14H16N2Si.2C5H5.3C4H10O2.Li.Yb/c1-17(2,15-13-9-5-3-6-10-13)16-14-11-7-4-8-12-14;2*1-2-4-5-3-1;3*1-5-3-4-6-2;;/h3-12H,1-2H3;2*1-5H;3*3-4H2,1-2H3;;/q-2;;;;;;+1;+3. The average molecular weight is 821 g/mol. The third-order valence-corrected chi connectivity index (χ3v) is 6.51. The summed E-state index contributed by atoms with van der Waals surface area (Å²) in [6.07, 6.45) is 20.0. The molecule has 4 rings (SSSR count). The van der Waals surface area contributed by atoms with Crippen LogP contribution in [0.2, 0.25) is 13.1 Å². The first-order chi connectivity index (χ1) is 21.9. The van der Waals surface area contributed by atoms with Gasteiger partial charge in [-0.1, -0.05) is 60.7 Å². The zero-order valence-corrected chi connectivity index (χ0v) is 32.6. The predicted molar refractivity (Wildman–Crippen MR) is 191 cm³/mol. The van der Waals surface area contributed by atoms with Gasteiger partial charge in [0.05, 0.1) is 39.6 Å². The van der Waals surface area contributed by atoms with E-state index in [0.29, 0.717) is 39.6 Å². The summed E-state index contributed by atoms with van der Waals surface area (Å²) >= 11 is 0.